The monoisotopic (exact) mass is 243 g/mol. The molecule has 1 unspecified atom stereocenters. The van der Waals surface area contributed by atoms with Crippen LogP contribution in [0.2, 0.25) is 0 Å². The molecular weight excluding hydrogens is 230 g/mol. The van der Waals surface area contributed by atoms with E-state index >= 15 is 0 Å². The average molecular weight is 243 g/mol. The Morgan fingerprint density at radius 1 is 1.39 bits per heavy atom. The molecule has 0 aromatic carbocycles. The molecule has 0 amide bonds. The van der Waals surface area contributed by atoms with Crippen molar-refractivity contribution < 1.29 is 0 Å². The van der Waals surface area contributed by atoms with Crippen LogP contribution in [0.1, 0.15) is 24.5 Å². The third-order valence-corrected chi connectivity index (χ3v) is 2.67. The number of aryl methyl sites for hydroxylation is 1. The Hall–Kier alpha value is -2.44. The number of nitrogens with one attached hydrogen (secondary N) is 2. The number of aromatic amines is 1. The topological polar surface area (TPSA) is 83.8 Å². The zero-order valence-electron chi connectivity index (χ0n) is 10.1. The molecule has 0 aliphatic carbocycles. The molecule has 0 radical (unpaired) electrons. The maximum absolute atomic E-state index is 4.29. The van der Waals surface area contributed by atoms with Gasteiger partial charge in [-0.25, -0.2) is 9.97 Å². The lowest BCUT2D eigenvalue weighted by Gasteiger charge is -2.13. The third kappa shape index (κ3) is 1.79. The molecule has 0 saturated heterocycles. The lowest BCUT2D eigenvalue weighted by atomic mass is 10.3. The second-order valence-corrected chi connectivity index (χ2v) is 4.10. The van der Waals surface area contributed by atoms with Crippen molar-refractivity contribution in [3.05, 3.63) is 36.3 Å². The second kappa shape index (κ2) is 4.10. The molecule has 0 fully saturated rings. The van der Waals surface area contributed by atoms with Crippen molar-refractivity contribution in [2.45, 2.75) is 19.9 Å². The SMILES string of the molecule is Cc1cc(NC(C)c2ncc[nH]2)n2ncnc2n1. The summed E-state index contributed by atoms with van der Waals surface area (Å²) in [6.07, 6.45) is 5.03. The molecule has 3 heterocycles. The van der Waals surface area contributed by atoms with Gasteiger partial charge in [-0.05, 0) is 13.8 Å². The molecule has 3 aromatic heterocycles. The lowest BCUT2D eigenvalue weighted by Crippen LogP contribution is -2.12. The fourth-order valence-electron chi connectivity index (χ4n) is 1.84. The van der Waals surface area contributed by atoms with E-state index in [1.165, 1.54) is 6.33 Å². The number of rotatable bonds is 3. The van der Waals surface area contributed by atoms with Crippen molar-refractivity contribution in [2.24, 2.45) is 0 Å². The van der Waals surface area contributed by atoms with E-state index < -0.39 is 0 Å². The van der Waals surface area contributed by atoms with Gasteiger partial charge in [-0.2, -0.15) is 14.6 Å². The summed E-state index contributed by atoms with van der Waals surface area (Å²) in [5, 5.41) is 7.49. The number of anilines is 1. The van der Waals surface area contributed by atoms with Crippen molar-refractivity contribution in [3.63, 3.8) is 0 Å². The Bertz CT molecular complexity index is 655. The van der Waals surface area contributed by atoms with Gasteiger partial charge in [0.2, 0.25) is 0 Å². The van der Waals surface area contributed by atoms with Crippen molar-refractivity contribution in [1.29, 1.82) is 0 Å². The maximum Gasteiger partial charge on any atom is 0.254 e. The van der Waals surface area contributed by atoms with Gasteiger partial charge in [0.05, 0.1) is 6.04 Å². The zero-order valence-corrected chi connectivity index (χ0v) is 10.1. The highest BCUT2D eigenvalue weighted by Crippen LogP contribution is 2.17. The molecule has 3 aromatic rings. The number of nitrogens with zero attached hydrogens (tertiary/aromatic N) is 5. The summed E-state index contributed by atoms with van der Waals surface area (Å²) in [6, 6.07) is 1.98. The molecule has 0 aliphatic rings. The summed E-state index contributed by atoms with van der Waals surface area (Å²) < 4.78 is 1.67. The average Bonchev–Trinajstić information content (AvgIpc) is 2.98. The van der Waals surface area contributed by atoms with E-state index in [9.17, 15) is 0 Å². The van der Waals surface area contributed by atoms with Crippen molar-refractivity contribution in [1.82, 2.24) is 29.5 Å². The Balaban J connectivity index is 1.97. The minimum absolute atomic E-state index is 0.0502. The van der Waals surface area contributed by atoms with Crippen LogP contribution in [0.15, 0.2) is 24.8 Å². The molecule has 0 bridgehead atoms. The van der Waals surface area contributed by atoms with Gasteiger partial charge in [0.1, 0.15) is 18.0 Å². The van der Waals surface area contributed by atoms with Gasteiger partial charge in [-0.1, -0.05) is 0 Å². The summed E-state index contributed by atoms with van der Waals surface area (Å²) in [5.41, 5.74) is 0.893. The molecular formula is C11H13N7. The van der Waals surface area contributed by atoms with Gasteiger partial charge >= 0.3 is 0 Å². The molecule has 18 heavy (non-hydrogen) atoms. The second-order valence-electron chi connectivity index (χ2n) is 4.10. The Morgan fingerprint density at radius 3 is 3.06 bits per heavy atom. The molecule has 0 spiro atoms. The number of H-pyrrole nitrogens is 1. The van der Waals surface area contributed by atoms with Crippen LogP contribution in [-0.2, 0) is 0 Å². The first-order valence-corrected chi connectivity index (χ1v) is 5.67. The van der Waals surface area contributed by atoms with E-state index in [0.717, 1.165) is 17.3 Å². The number of imidazole rings is 1. The van der Waals surface area contributed by atoms with Crippen molar-refractivity contribution in [2.75, 3.05) is 5.32 Å². The molecule has 7 heteroatoms. The molecule has 0 aliphatic heterocycles. The molecule has 0 saturated carbocycles. The summed E-state index contributed by atoms with van der Waals surface area (Å²) in [6.45, 7) is 3.95. The standard InChI is InChI=1S/C11H13N7/c1-7-5-9(18-11(16-7)14-6-15-18)17-8(2)10-12-3-4-13-10/h3-6,8,17H,1-2H3,(H,12,13). The van der Waals surface area contributed by atoms with E-state index in [1.807, 2.05) is 19.9 Å². The highest BCUT2D eigenvalue weighted by Gasteiger charge is 2.11. The summed E-state index contributed by atoms with van der Waals surface area (Å²) in [4.78, 5) is 15.7. The van der Waals surface area contributed by atoms with Crippen LogP contribution in [0.25, 0.3) is 5.78 Å². The van der Waals surface area contributed by atoms with Crippen LogP contribution in [0.5, 0.6) is 0 Å². The van der Waals surface area contributed by atoms with E-state index in [0.29, 0.717) is 5.78 Å². The Labute approximate surface area is 103 Å². The first-order chi connectivity index (χ1) is 8.74. The summed E-state index contributed by atoms with van der Waals surface area (Å²) in [7, 11) is 0. The molecule has 7 nitrogen and oxygen atoms in total. The molecule has 2 N–H and O–H groups in total. The number of fused-ring (bicyclic) bond motifs is 1. The van der Waals surface area contributed by atoms with Crippen molar-refractivity contribution in [3.8, 4) is 0 Å². The van der Waals surface area contributed by atoms with Gasteiger partial charge < -0.3 is 10.3 Å². The van der Waals surface area contributed by atoms with Crippen LogP contribution in [-0.4, -0.2) is 29.5 Å². The Kier molecular flexibility index (Phi) is 2.44. The van der Waals surface area contributed by atoms with Gasteiger partial charge in [0.25, 0.3) is 5.78 Å². The van der Waals surface area contributed by atoms with Crippen LogP contribution in [0.3, 0.4) is 0 Å². The van der Waals surface area contributed by atoms with Gasteiger partial charge in [0.15, 0.2) is 0 Å². The minimum atomic E-state index is 0.0502. The maximum atomic E-state index is 4.29. The molecule has 3 rings (SSSR count). The summed E-state index contributed by atoms with van der Waals surface area (Å²) >= 11 is 0. The highest BCUT2D eigenvalue weighted by atomic mass is 15.4. The number of hydrogen-bond acceptors (Lipinski definition) is 5. The van der Waals surface area contributed by atoms with Crippen LogP contribution < -0.4 is 5.32 Å². The number of hydrogen-bond donors (Lipinski definition) is 2. The quantitative estimate of drug-likeness (QED) is 0.725. The third-order valence-electron chi connectivity index (χ3n) is 2.67. The Morgan fingerprint density at radius 2 is 2.28 bits per heavy atom. The predicted octanol–water partition coefficient (Wildman–Crippen LogP) is 1.33. The van der Waals surface area contributed by atoms with E-state index in [2.05, 4.69) is 30.4 Å². The van der Waals surface area contributed by atoms with E-state index in [4.69, 9.17) is 0 Å². The largest absolute Gasteiger partial charge is 0.360 e. The highest BCUT2D eigenvalue weighted by molar-refractivity contribution is 5.45. The van der Waals surface area contributed by atoms with Gasteiger partial charge in [-0.15, -0.1) is 0 Å². The first-order valence-electron chi connectivity index (χ1n) is 5.67. The van der Waals surface area contributed by atoms with Gasteiger partial charge in [0, 0.05) is 24.2 Å². The fraction of sp³-hybridized carbons (Fsp3) is 0.273. The van der Waals surface area contributed by atoms with Crippen LogP contribution in [0.4, 0.5) is 5.82 Å². The number of aromatic nitrogens is 6. The van der Waals surface area contributed by atoms with E-state index in [-0.39, 0.29) is 6.04 Å². The van der Waals surface area contributed by atoms with Crippen molar-refractivity contribution >= 4 is 11.6 Å². The smallest absolute Gasteiger partial charge is 0.254 e. The van der Waals surface area contributed by atoms with E-state index in [1.54, 1.807) is 16.9 Å². The predicted molar refractivity (Wildman–Crippen MR) is 66.1 cm³/mol. The van der Waals surface area contributed by atoms with Gasteiger partial charge in [-0.3, -0.25) is 0 Å². The molecule has 1 atom stereocenters. The first kappa shape index (κ1) is 10.7. The molecule has 92 valence electrons. The van der Waals surface area contributed by atoms with Crippen LogP contribution in [0, 0.1) is 6.92 Å². The fourth-order valence-corrected chi connectivity index (χ4v) is 1.84. The lowest BCUT2D eigenvalue weighted by molar-refractivity contribution is 0.786. The normalized spacial score (nSPS) is 12.8. The zero-order chi connectivity index (χ0) is 12.5. The summed E-state index contributed by atoms with van der Waals surface area (Å²) in [5.74, 6) is 2.31. The minimum Gasteiger partial charge on any atom is -0.360 e. The van der Waals surface area contributed by atoms with Crippen LogP contribution >= 0.6 is 0 Å².